The smallest absolute Gasteiger partial charge is 0.164 e. The number of hydrogen-bond acceptors (Lipinski definition) is 4. The van der Waals surface area contributed by atoms with E-state index in [4.69, 9.17) is 19.4 Å². The first kappa shape index (κ1) is 29.0. The van der Waals surface area contributed by atoms with Crippen molar-refractivity contribution in [3.05, 3.63) is 176 Å². The predicted octanol–water partition coefficient (Wildman–Crippen LogP) is 12.4. The summed E-state index contributed by atoms with van der Waals surface area (Å²) in [5.74, 6) is 1.88. The van der Waals surface area contributed by atoms with Crippen LogP contribution in [0.25, 0.3) is 99.9 Å². The number of benzene rings is 8. The largest absolute Gasteiger partial charge is 0.456 e. The maximum absolute atomic E-state index is 6.18. The van der Waals surface area contributed by atoms with Crippen LogP contribution in [0, 0.1) is 0 Å². The van der Waals surface area contributed by atoms with Crippen LogP contribution >= 0.6 is 0 Å². The Hall–Kier alpha value is -6.91. The Morgan fingerprint density at radius 3 is 1.69 bits per heavy atom. The summed E-state index contributed by atoms with van der Waals surface area (Å²) in [6.45, 7) is 0. The lowest BCUT2D eigenvalue weighted by Crippen LogP contribution is -2.00. The van der Waals surface area contributed by atoms with E-state index in [1.807, 2.05) is 30.3 Å². The molecule has 4 nitrogen and oxygen atoms in total. The Labute approximate surface area is 294 Å². The molecule has 0 radical (unpaired) electrons. The minimum Gasteiger partial charge on any atom is -0.456 e. The van der Waals surface area contributed by atoms with E-state index in [0.29, 0.717) is 17.5 Å². The molecule has 2 heterocycles. The zero-order valence-electron chi connectivity index (χ0n) is 27.5. The molecule has 0 amide bonds. The first-order chi connectivity index (χ1) is 25.2. The fraction of sp³-hybridized carbons (Fsp3) is 0. The van der Waals surface area contributed by atoms with Gasteiger partial charge in [-0.15, -0.1) is 0 Å². The third-order valence-electron chi connectivity index (χ3n) is 9.68. The van der Waals surface area contributed by atoms with Crippen molar-refractivity contribution >= 4 is 43.5 Å². The monoisotopic (exact) mass is 651 g/mol. The molecule has 0 N–H and O–H groups in total. The average molecular weight is 652 g/mol. The van der Waals surface area contributed by atoms with Gasteiger partial charge in [0, 0.05) is 27.5 Å². The van der Waals surface area contributed by atoms with Gasteiger partial charge in [0.15, 0.2) is 17.5 Å². The van der Waals surface area contributed by atoms with E-state index in [2.05, 4.69) is 146 Å². The minimum atomic E-state index is 0.622. The molecule has 2 aromatic heterocycles. The molecule has 238 valence electrons. The first-order valence-electron chi connectivity index (χ1n) is 17.1. The molecular weight excluding hydrogens is 623 g/mol. The molecule has 0 saturated heterocycles. The van der Waals surface area contributed by atoms with Crippen molar-refractivity contribution in [2.45, 2.75) is 0 Å². The van der Waals surface area contributed by atoms with Gasteiger partial charge >= 0.3 is 0 Å². The van der Waals surface area contributed by atoms with Gasteiger partial charge in [0.2, 0.25) is 0 Å². The Bertz CT molecular complexity index is 2910. The quantitative estimate of drug-likeness (QED) is 0.186. The number of para-hydroxylation sites is 1. The molecule has 0 aliphatic carbocycles. The number of furan rings is 1. The number of hydrogen-bond donors (Lipinski definition) is 0. The molecule has 0 aliphatic heterocycles. The molecule has 51 heavy (non-hydrogen) atoms. The van der Waals surface area contributed by atoms with Gasteiger partial charge in [0.05, 0.1) is 0 Å². The lowest BCUT2D eigenvalue weighted by atomic mass is 9.97. The van der Waals surface area contributed by atoms with E-state index in [9.17, 15) is 0 Å². The fourth-order valence-electron chi connectivity index (χ4n) is 7.13. The summed E-state index contributed by atoms with van der Waals surface area (Å²) in [5.41, 5.74) is 9.20. The molecule has 0 fully saturated rings. The van der Waals surface area contributed by atoms with Crippen molar-refractivity contribution in [3.63, 3.8) is 0 Å². The Morgan fingerprint density at radius 2 is 0.902 bits per heavy atom. The molecule has 0 unspecified atom stereocenters. The van der Waals surface area contributed by atoms with Gasteiger partial charge in [-0.05, 0) is 80.2 Å². The standard InChI is InChI=1S/C47H29N3O/c1-3-11-30(12-4-1)32-15-9-17-35(25-32)45-48-46(36-22-21-33-29-44-42(28-38(33)27-36)41-18-7-8-20-43(41)51-44)50-47(49-45)37-23-24-40-34(26-37)16-10-19-39(40)31-13-5-2-6-14-31/h1-29H. The second-order valence-electron chi connectivity index (χ2n) is 12.9. The molecule has 10 rings (SSSR count). The molecular formula is C47H29N3O. The third-order valence-corrected chi connectivity index (χ3v) is 9.68. The van der Waals surface area contributed by atoms with Crippen molar-refractivity contribution in [1.29, 1.82) is 0 Å². The Kier molecular flexibility index (Phi) is 6.78. The normalized spacial score (nSPS) is 11.5. The van der Waals surface area contributed by atoms with E-state index >= 15 is 0 Å². The third kappa shape index (κ3) is 5.22. The number of fused-ring (bicyclic) bond motifs is 5. The minimum absolute atomic E-state index is 0.622. The van der Waals surface area contributed by atoms with Gasteiger partial charge in [0.25, 0.3) is 0 Å². The van der Waals surface area contributed by atoms with E-state index in [1.54, 1.807) is 0 Å². The molecule has 4 heteroatoms. The van der Waals surface area contributed by atoms with Gasteiger partial charge in [-0.1, -0.05) is 140 Å². The van der Waals surface area contributed by atoms with Crippen molar-refractivity contribution in [2.24, 2.45) is 0 Å². The second-order valence-corrected chi connectivity index (χ2v) is 12.9. The summed E-state index contributed by atoms with van der Waals surface area (Å²) in [5, 5.41) is 6.71. The van der Waals surface area contributed by atoms with Crippen LogP contribution in [0.5, 0.6) is 0 Å². The lowest BCUT2D eigenvalue weighted by Gasteiger charge is -2.12. The molecule has 0 spiro atoms. The summed E-state index contributed by atoms with van der Waals surface area (Å²) in [7, 11) is 0. The van der Waals surface area contributed by atoms with Crippen LogP contribution in [0.1, 0.15) is 0 Å². The maximum atomic E-state index is 6.18. The highest BCUT2D eigenvalue weighted by Gasteiger charge is 2.16. The number of rotatable bonds is 5. The molecule has 8 aromatic carbocycles. The highest BCUT2D eigenvalue weighted by atomic mass is 16.3. The van der Waals surface area contributed by atoms with E-state index in [1.165, 1.54) is 16.5 Å². The zero-order valence-corrected chi connectivity index (χ0v) is 27.5. The van der Waals surface area contributed by atoms with Gasteiger partial charge in [0.1, 0.15) is 11.2 Å². The van der Waals surface area contributed by atoms with Crippen LogP contribution in [-0.4, -0.2) is 15.0 Å². The topological polar surface area (TPSA) is 51.8 Å². The Morgan fingerprint density at radius 1 is 0.294 bits per heavy atom. The van der Waals surface area contributed by atoms with Crippen LogP contribution in [0.4, 0.5) is 0 Å². The number of nitrogens with zero attached hydrogens (tertiary/aromatic N) is 3. The predicted molar refractivity (Wildman–Crippen MR) is 209 cm³/mol. The van der Waals surface area contributed by atoms with Crippen molar-refractivity contribution in [1.82, 2.24) is 15.0 Å². The van der Waals surface area contributed by atoms with Crippen molar-refractivity contribution in [3.8, 4) is 56.4 Å². The van der Waals surface area contributed by atoms with Gasteiger partial charge in [-0.3, -0.25) is 0 Å². The van der Waals surface area contributed by atoms with Crippen molar-refractivity contribution in [2.75, 3.05) is 0 Å². The van der Waals surface area contributed by atoms with Crippen LogP contribution in [-0.2, 0) is 0 Å². The molecule has 0 atom stereocenters. The SMILES string of the molecule is c1ccc(-c2cccc(-c3nc(-c4ccc5cc6oc7ccccc7c6cc5c4)nc(-c4ccc5c(-c6ccccc6)cccc5c4)n3)c2)cc1. The molecule has 0 aliphatic rings. The van der Waals surface area contributed by atoms with Crippen LogP contribution < -0.4 is 0 Å². The van der Waals surface area contributed by atoms with E-state index < -0.39 is 0 Å². The summed E-state index contributed by atoms with van der Waals surface area (Å²) < 4.78 is 6.18. The summed E-state index contributed by atoms with van der Waals surface area (Å²) in [6, 6.07) is 61.2. The lowest BCUT2D eigenvalue weighted by molar-refractivity contribution is 0.669. The second kappa shape index (κ2) is 11.9. The summed E-state index contributed by atoms with van der Waals surface area (Å²) >= 11 is 0. The van der Waals surface area contributed by atoms with Gasteiger partial charge in [-0.2, -0.15) is 0 Å². The summed E-state index contributed by atoms with van der Waals surface area (Å²) in [6.07, 6.45) is 0. The molecule has 0 bridgehead atoms. The fourth-order valence-corrected chi connectivity index (χ4v) is 7.13. The van der Waals surface area contributed by atoms with Gasteiger partial charge < -0.3 is 4.42 Å². The summed E-state index contributed by atoms with van der Waals surface area (Å²) in [4.78, 5) is 15.4. The highest BCUT2D eigenvalue weighted by molar-refractivity contribution is 6.10. The van der Waals surface area contributed by atoms with Gasteiger partial charge in [-0.25, -0.2) is 15.0 Å². The average Bonchev–Trinajstić information content (AvgIpc) is 3.57. The van der Waals surface area contributed by atoms with Crippen LogP contribution in [0.2, 0.25) is 0 Å². The highest BCUT2D eigenvalue weighted by Crippen LogP contribution is 2.36. The molecule has 0 saturated carbocycles. The van der Waals surface area contributed by atoms with E-state index in [0.717, 1.165) is 65.9 Å². The molecule has 10 aromatic rings. The number of aromatic nitrogens is 3. The van der Waals surface area contributed by atoms with Crippen molar-refractivity contribution < 1.29 is 4.42 Å². The maximum Gasteiger partial charge on any atom is 0.164 e. The van der Waals surface area contributed by atoms with Crippen LogP contribution in [0.15, 0.2) is 180 Å². The zero-order chi connectivity index (χ0) is 33.7. The first-order valence-corrected chi connectivity index (χ1v) is 17.1. The Balaban J connectivity index is 1.15. The van der Waals surface area contributed by atoms with Crippen LogP contribution in [0.3, 0.4) is 0 Å². The van der Waals surface area contributed by atoms with E-state index in [-0.39, 0.29) is 0 Å².